The van der Waals surface area contributed by atoms with Crippen LogP contribution >= 0.6 is 24.0 Å². The molecule has 6 nitrogen and oxygen atoms in total. The molecule has 3 rings (SSSR count). The Morgan fingerprint density at radius 1 is 1.24 bits per heavy atom. The molecule has 1 atom stereocenters. The minimum Gasteiger partial charge on any atom is -0.473 e. The second kappa shape index (κ2) is 12.6. The van der Waals surface area contributed by atoms with Crippen LogP contribution in [0.2, 0.25) is 0 Å². The van der Waals surface area contributed by atoms with Gasteiger partial charge in [-0.3, -0.25) is 0 Å². The summed E-state index contributed by atoms with van der Waals surface area (Å²) in [6.07, 6.45) is 2.92. The van der Waals surface area contributed by atoms with E-state index in [0.29, 0.717) is 24.9 Å². The van der Waals surface area contributed by atoms with Crippen LogP contribution in [0.15, 0.2) is 53.7 Å². The molecule has 0 spiro atoms. The second-order valence-electron chi connectivity index (χ2n) is 7.00. The number of aromatic nitrogens is 1. The summed E-state index contributed by atoms with van der Waals surface area (Å²) in [4.78, 5) is 11.5. The fourth-order valence-electron chi connectivity index (χ4n) is 3.35. The number of likely N-dealkylation sites (tertiary alicyclic amines) is 1. The number of guanidine groups is 1. The van der Waals surface area contributed by atoms with Gasteiger partial charge in [-0.2, -0.15) is 0 Å². The number of methoxy groups -OCH3 is 1. The van der Waals surface area contributed by atoms with Crippen molar-refractivity contribution in [2.75, 3.05) is 33.4 Å². The van der Waals surface area contributed by atoms with Crippen molar-refractivity contribution in [2.45, 2.75) is 26.5 Å². The van der Waals surface area contributed by atoms with Crippen molar-refractivity contribution in [1.82, 2.24) is 15.2 Å². The summed E-state index contributed by atoms with van der Waals surface area (Å²) < 4.78 is 11.1. The summed E-state index contributed by atoms with van der Waals surface area (Å²) in [7, 11) is 1.77. The third-order valence-corrected chi connectivity index (χ3v) is 4.76. The van der Waals surface area contributed by atoms with Crippen LogP contribution in [0.4, 0.5) is 0 Å². The quantitative estimate of drug-likeness (QED) is 0.334. The van der Waals surface area contributed by atoms with Crippen molar-refractivity contribution in [2.24, 2.45) is 10.9 Å². The fourth-order valence-corrected chi connectivity index (χ4v) is 3.35. The number of nitrogens with one attached hydrogen (secondary N) is 1. The van der Waals surface area contributed by atoms with Crippen molar-refractivity contribution in [3.05, 3.63) is 59.8 Å². The van der Waals surface area contributed by atoms with Crippen LogP contribution in [-0.2, 0) is 17.9 Å². The van der Waals surface area contributed by atoms with E-state index in [1.807, 2.05) is 42.5 Å². The average molecular weight is 510 g/mol. The van der Waals surface area contributed by atoms with Crippen LogP contribution in [0.5, 0.6) is 5.88 Å². The van der Waals surface area contributed by atoms with Gasteiger partial charge >= 0.3 is 0 Å². The van der Waals surface area contributed by atoms with E-state index in [4.69, 9.17) is 14.5 Å². The zero-order valence-corrected chi connectivity index (χ0v) is 19.5. The second-order valence-corrected chi connectivity index (χ2v) is 7.00. The third-order valence-electron chi connectivity index (χ3n) is 4.76. The molecule has 1 saturated heterocycles. The van der Waals surface area contributed by atoms with Crippen molar-refractivity contribution in [1.29, 1.82) is 0 Å². The summed E-state index contributed by atoms with van der Waals surface area (Å²) in [5.74, 6) is 2.17. The van der Waals surface area contributed by atoms with Gasteiger partial charge in [0, 0.05) is 44.9 Å². The zero-order chi connectivity index (χ0) is 19.6. The van der Waals surface area contributed by atoms with Crippen molar-refractivity contribution < 1.29 is 9.47 Å². The summed E-state index contributed by atoms with van der Waals surface area (Å²) in [6, 6.07) is 14.1. The molecular formula is C22H31IN4O2. The van der Waals surface area contributed by atoms with Crippen molar-refractivity contribution in [3.8, 4) is 5.88 Å². The maximum Gasteiger partial charge on any atom is 0.213 e. The molecule has 2 aromatic rings. The molecule has 0 aliphatic carbocycles. The van der Waals surface area contributed by atoms with Gasteiger partial charge in [-0.05, 0) is 30.5 Å². The zero-order valence-electron chi connectivity index (χ0n) is 17.2. The molecule has 1 aliphatic rings. The molecule has 1 fully saturated rings. The molecular weight excluding hydrogens is 479 g/mol. The molecule has 1 unspecified atom stereocenters. The van der Waals surface area contributed by atoms with Gasteiger partial charge in [0.25, 0.3) is 0 Å². The Morgan fingerprint density at radius 3 is 2.83 bits per heavy atom. The molecule has 1 aromatic carbocycles. The number of halogens is 1. The smallest absolute Gasteiger partial charge is 0.213 e. The molecule has 1 N–H and O–H groups in total. The van der Waals surface area contributed by atoms with Crippen LogP contribution < -0.4 is 10.1 Å². The molecule has 2 heterocycles. The first-order valence-corrected chi connectivity index (χ1v) is 9.92. The van der Waals surface area contributed by atoms with Gasteiger partial charge in [0.2, 0.25) is 5.88 Å². The predicted octanol–water partition coefficient (Wildman–Crippen LogP) is 3.71. The third kappa shape index (κ3) is 7.47. The highest BCUT2D eigenvalue weighted by molar-refractivity contribution is 14.0. The molecule has 1 aromatic heterocycles. The normalized spacial score (nSPS) is 16.4. The Bertz CT molecular complexity index is 757. The monoisotopic (exact) mass is 510 g/mol. The van der Waals surface area contributed by atoms with Gasteiger partial charge in [-0.1, -0.05) is 30.3 Å². The predicted molar refractivity (Wildman–Crippen MR) is 127 cm³/mol. The molecule has 0 saturated carbocycles. The fraction of sp³-hybridized carbons (Fsp3) is 0.455. The number of pyridine rings is 1. The first-order chi connectivity index (χ1) is 13.8. The number of hydrogen-bond donors (Lipinski definition) is 1. The lowest BCUT2D eigenvalue weighted by atomic mass is 10.1. The molecule has 158 valence electrons. The van der Waals surface area contributed by atoms with E-state index in [2.05, 4.69) is 22.1 Å². The Balaban J connectivity index is 0.00000300. The van der Waals surface area contributed by atoms with E-state index in [1.54, 1.807) is 13.3 Å². The highest BCUT2D eigenvalue weighted by atomic mass is 127. The van der Waals surface area contributed by atoms with E-state index in [-0.39, 0.29) is 24.0 Å². The highest BCUT2D eigenvalue weighted by Crippen LogP contribution is 2.17. The van der Waals surface area contributed by atoms with Crippen LogP contribution in [0.25, 0.3) is 0 Å². The SMILES string of the molecule is CCNC(=NCc1ccnc(OCc2ccccc2)c1)N1CCC(COC)C1.I. The number of benzene rings is 1. The lowest BCUT2D eigenvalue weighted by Gasteiger charge is -2.21. The van der Waals surface area contributed by atoms with E-state index in [9.17, 15) is 0 Å². The average Bonchev–Trinajstić information content (AvgIpc) is 3.19. The van der Waals surface area contributed by atoms with Crippen LogP contribution in [0, 0.1) is 5.92 Å². The van der Waals surface area contributed by atoms with Gasteiger partial charge in [-0.15, -0.1) is 24.0 Å². The van der Waals surface area contributed by atoms with Gasteiger partial charge in [0.1, 0.15) is 6.61 Å². The number of nitrogens with zero attached hydrogens (tertiary/aromatic N) is 3. The van der Waals surface area contributed by atoms with Crippen molar-refractivity contribution >= 4 is 29.9 Å². The molecule has 0 radical (unpaired) electrons. The number of aliphatic imine (C=N–C) groups is 1. The summed E-state index contributed by atoms with van der Waals surface area (Å²) in [5, 5.41) is 3.41. The van der Waals surface area contributed by atoms with E-state index < -0.39 is 0 Å². The molecule has 0 bridgehead atoms. The van der Waals surface area contributed by atoms with Gasteiger partial charge in [0.15, 0.2) is 5.96 Å². The van der Waals surface area contributed by atoms with E-state index in [1.165, 1.54) is 0 Å². The lowest BCUT2D eigenvalue weighted by molar-refractivity contribution is 0.157. The lowest BCUT2D eigenvalue weighted by Crippen LogP contribution is -2.40. The molecule has 1 aliphatic heterocycles. The van der Waals surface area contributed by atoms with Gasteiger partial charge in [-0.25, -0.2) is 9.98 Å². The number of rotatable bonds is 8. The van der Waals surface area contributed by atoms with Crippen LogP contribution in [-0.4, -0.2) is 49.2 Å². The molecule has 7 heteroatoms. The van der Waals surface area contributed by atoms with Gasteiger partial charge < -0.3 is 19.7 Å². The first-order valence-electron chi connectivity index (χ1n) is 9.92. The standard InChI is InChI=1S/C22H30N4O2.HI/c1-3-23-22(26-12-10-20(15-26)16-27-2)25-14-19-9-11-24-21(13-19)28-17-18-7-5-4-6-8-18;/h4-9,11,13,20H,3,10,12,14-17H2,1-2H3,(H,23,25);1H. The van der Waals surface area contributed by atoms with Gasteiger partial charge in [0.05, 0.1) is 13.2 Å². The summed E-state index contributed by atoms with van der Waals surface area (Å²) in [6.45, 7) is 6.87. The first kappa shape index (κ1) is 23.4. The topological polar surface area (TPSA) is 59.0 Å². The van der Waals surface area contributed by atoms with Crippen LogP contribution in [0.3, 0.4) is 0 Å². The van der Waals surface area contributed by atoms with Crippen molar-refractivity contribution in [3.63, 3.8) is 0 Å². The summed E-state index contributed by atoms with van der Waals surface area (Å²) >= 11 is 0. The Hall–Kier alpha value is -1.87. The van der Waals surface area contributed by atoms with Crippen LogP contribution in [0.1, 0.15) is 24.5 Å². The number of hydrogen-bond acceptors (Lipinski definition) is 4. The highest BCUT2D eigenvalue weighted by Gasteiger charge is 2.24. The Kier molecular flexibility index (Phi) is 10.2. The van der Waals surface area contributed by atoms with E-state index in [0.717, 1.165) is 49.7 Å². The maximum atomic E-state index is 5.83. The maximum absolute atomic E-state index is 5.83. The summed E-state index contributed by atoms with van der Waals surface area (Å²) in [5.41, 5.74) is 2.21. The Labute approximate surface area is 190 Å². The minimum absolute atomic E-state index is 0. The molecule has 0 amide bonds. The largest absolute Gasteiger partial charge is 0.473 e. The minimum atomic E-state index is 0. The van der Waals surface area contributed by atoms with E-state index >= 15 is 0 Å². The number of ether oxygens (including phenoxy) is 2. The molecule has 29 heavy (non-hydrogen) atoms. The Morgan fingerprint density at radius 2 is 2.07 bits per heavy atom.